The Bertz CT molecular complexity index is 1050. The fourth-order valence-electron chi connectivity index (χ4n) is 3.36. The van der Waals surface area contributed by atoms with Crippen LogP contribution in [0.3, 0.4) is 0 Å². The molecule has 0 aromatic heterocycles. The number of carbonyl (C=O) groups excluding carboxylic acids is 2. The molecule has 2 aromatic carbocycles. The number of halogens is 1. The van der Waals surface area contributed by atoms with Crippen LogP contribution in [0.5, 0.6) is 0 Å². The highest BCUT2D eigenvalue weighted by molar-refractivity contribution is 7.90. The van der Waals surface area contributed by atoms with Crippen molar-refractivity contribution in [3.05, 3.63) is 53.1 Å². The SMILES string of the molecule is CS(=O)(=O)c1ccc(Cl)c(C(=O)Nc2ccccc2N2CCC(C(N)=O)CC2)c1. The van der Waals surface area contributed by atoms with Gasteiger partial charge in [0, 0.05) is 25.3 Å². The number of nitrogens with one attached hydrogen (secondary N) is 1. The fourth-order valence-corrected chi connectivity index (χ4v) is 4.21. The highest BCUT2D eigenvalue weighted by Crippen LogP contribution is 2.31. The van der Waals surface area contributed by atoms with E-state index < -0.39 is 15.7 Å². The van der Waals surface area contributed by atoms with Gasteiger partial charge in [-0.1, -0.05) is 23.7 Å². The smallest absolute Gasteiger partial charge is 0.257 e. The van der Waals surface area contributed by atoms with Crippen LogP contribution < -0.4 is 16.0 Å². The predicted molar refractivity (Wildman–Crippen MR) is 113 cm³/mol. The summed E-state index contributed by atoms with van der Waals surface area (Å²) in [4.78, 5) is 26.3. The first-order valence-electron chi connectivity index (χ1n) is 9.11. The Balaban J connectivity index is 1.83. The van der Waals surface area contributed by atoms with E-state index in [1.807, 2.05) is 12.1 Å². The van der Waals surface area contributed by atoms with Crippen molar-refractivity contribution in [3.8, 4) is 0 Å². The minimum Gasteiger partial charge on any atom is -0.370 e. The standard InChI is InChI=1S/C20H22ClN3O4S/c1-29(27,28)14-6-7-16(21)15(12-14)20(26)23-17-4-2-3-5-18(17)24-10-8-13(9-11-24)19(22)25/h2-7,12-13H,8-11H2,1H3,(H2,22,25)(H,23,26). The summed E-state index contributed by atoms with van der Waals surface area (Å²) in [7, 11) is -3.47. The van der Waals surface area contributed by atoms with Gasteiger partial charge in [-0.3, -0.25) is 9.59 Å². The number of para-hydroxylation sites is 2. The summed E-state index contributed by atoms with van der Waals surface area (Å²) in [5.74, 6) is -0.919. The lowest BCUT2D eigenvalue weighted by Crippen LogP contribution is -2.38. The van der Waals surface area contributed by atoms with Crippen molar-refractivity contribution in [2.45, 2.75) is 17.7 Å². The topological polar surface area (TPSA) is 110 Å². The molecule has 1 aliphatic rings. The maximum absolute atomic E-state index is 12.8. The van der Waals surface area contributed by atoms with E-state index in [2.05, 4.69) is 10.2 Å². The van der Waals surface area contributed by atoms with E-state index in [9.17, 15) is 18.0 Å². The number of piperidine rings is 1. The monoisotopic (exact) mass is 435 g/mol. The number of carbonyl (C=O) groups is 2. The van der Waals surface area contributed by atoms with Crippen molar-refractivity contribution in [1.82, 2.24) is 0 Å². The Morgan fingerprint density at radius 2 is 1.79 bits per heavy atom. The zero-order valence-electron chi connectivity index (χ0n) is 15.9. The molecule has 7 nitrogen and oxygen atoms in total. The number of benzene rings is 2. The largest absolute Gasteiger partial charge is 0.370 e. The van der Waals surface area contributed by atoms with Crippen LogP contribution in [0.1, 0.15) is 23.2 Å². The molecule has 29 heavy (non-hydrogen) atoms. The van der Waals surface area contributed by atoms with E-state index in [0.29, 0.717) is 31.6 Å². The fraction of sp³-hybridized carbons (Fsp3) is 0.300. The molecule has 1 aliphatic heterocycles. The number of anilines is 2. The van der Waals surface area contributed by atoms with Crippen LogP contribution in [0.25, 0.3) is 0 Å². The number of nitrogens with two attached hydrogens (primary N) is 1. The third-order valence-electron chi connectivity index (χ3n) is 5.00. The lowest BCUT2D eigenvalue weighted by Gasteiger charge is -2.33. The Kier molecular flexibility index (Phi) is 6.14. The van der Waals surface area contributed by atoms with Gasteiger partial charge in [0.1, 0.15) is 0 Å². The normalized spacial score (nSPS) is 15.2. The van der Waals surface area contributed by atoms with E-state index in [-0.39, 0.29) is 27.3 Å². The molecule has 154 valence electrons. The number of rotatable bonds is 5. The van der Waals surface area contributed by atoms with Crippen molar-refractivity contribution >= 4 is 44.6 Å². The first-order valence-corrected chi connectivity index (χ1v) is 11.4. The van der Waals surface area contributed by atoms with Gasteiger partial charge in [0.2, 0.25) is 5.91 Å². The molecular weight excluding hydrogens is 414 g/mol. The average Bonchev–Trinajstić information content (AvgIpc) is 2.68. The first kappa shape index (κ1) is 21.1. The second-order valence-corrected chi connectivity index (χ2v) is 9.47. The predicted octanol–water partition coefficient (Wildman–Crippen LogP) is 2.70. The molecule has 1 heterocycles. The number of sulfone groups is 1. The summed E-state index contributed by atoms with van der Waals surface area (Å²) in [5.41, 5.74) is 6.88. The van der Waals surface area contributed by atoms with Crippen molar-refractivity contribution in [3.63, 3.8) is 0 Å². The van der Waals surface area contributed by atoms with Gasteiger partial charge in [-0.25, -0.2) is 8.42 Å². The second kappa shape index (κ2) is 8.42. The third kappa shape index (κ3) is 4.89. The van der Waals surface area contributed by atoms with Gasteiger partial charge in [-0.2, -0.15) is 0 Å². The highest BCUT2D eigenvalue weighted by atomic mass is 35.5. The molecule has 0 saturated carbocycles. The van der Waals surface area contributed by atoms with Crippen molar-refractivity contribution in [2.24, 2.45) is 11.7 Å². The van der Waals surface area contributed by atoms with Gasteiger partial charge in [0.15, 0.2) is 9.84 Å². The molecule has 0 bridgehead atoms. The number of amides is 2. The van der Waals surface area contributed by atoms with Gasteiger partial charge in [-0.15, -0.1) is 0 Å². The van der Waals surface area contributed by atoms with Gasteiger partial charge in [-0.05, 0) is 43.2 Å². The van der Waals surface area contributed by atoms with Crippen molar-refractivity contribution < 1.29 is 18.0 Å². The summed E-state index contributed by atoms with van der Waals surface area (Å²) in [6, 6.07) is 11.3. The number of hydrogen-bond acceptors (Lipinski definition) is 5. The Morgan fingerprint density at radius 1 is 1.14 bits per heavy atom. The van der Waals surface area contributed by atoms with E-state index >= 15 is 0 Å². The first-order chi connectivity index (χ1) is 13.7. The third-order valence-corrected chi connectivity index (χ3v) is 6.44. The molecule has 2 amide bonds. The molecule has 0 atom stereocenters. The summed E-state index contributed by atoms with van der Waals surface area (Å²) < 4.78 is 23.6. The molecule has 1 fully saturated rings. The summed E-state index contributed by atoms with van der Waals surface area (Å²) in [6.45, 7) is 1.29. The van der Waals surface area contributed by atoms with Gasteiger partial charge < -0.3 is 16.0 Å². The number of nitrogens with zero attached hydrogens (tertiary/aromatic N) is 1. The van der Waals surface area contributed by atoms with Gasteiger partial charge in [0.05, 0.1) is 26.9 Å². The van der Waals surface area contributed by atoms with E-state index in [4.69, 9.17) is 17.3 Å². The van der Waals surface area contributed by atoms with Crippen LogP contribution in [-0.4, -0.2) is 39.6 Å². The molecule has 9 heteroatoms. The molecule has 1 saturated heterocycles. The van der Waals surface area contributed by atoms with Crippen molar-refractivity contribution in [1.29, 1.82) is 0 Å². The quantitative estimate of drug-likeness (QED) is 0.750. The number of primary amides is 1. The van der Waals surface area contributed by atoms with Crippen LogP contribution in [0.2, 0.25) is 5.02 Å². The number of hydrogen-bond donors (Lipinski definition) is 2. The highest BCUT2D eigenvalue weighted by Gasteiger charge is 2.25. The zero-order valence-corrected chi connectivity index (χ0v) is 17.5. The maximum atomic E-state index is 12.8. The molecule has 2 aromatic rings. The van der Waals surface area contributed by atoms with E-state index in [1.54, 1.807) is 12.1 Å². The van der Waals surface area contributed by atoms with Gasteiger partial charge in [0.25, 0.3) is 5.91 Å². The summed E-state index contributed by atoms with van der Waals surface area (Å²) in [6.07, 6.45) is 2.38. The van der Waals surface area contributed by atoms with Crippen LogP contribution >= 0.6 is 11.6 Å². The molecule has 0 spiro atoms. The Hall–Kier alpha value is -2.58. The summed E-state index contributed by atoms with van der Waals surface area (Å²) in [5, 5.41) is 2.99. The van der Waals surface area contributed by atoms with Crippen LogP contribution in [0.4, 0.5) is 11.4 Å². The van der Waals surface area contributed by atoms with E-state index in [1.165, 1.54) is 18.2 Å². The molecule has 0 aliphatic carbocycles. The molecular formula is C20H22ClN3O4S. The minimum atomic E-state index is -3.47. The van der Waals surface area contributed by atoms with Crippen LogP contribution in [0, 0.1) is 5.92 Å². The Morgan fingerprint density at radius 3 is 2.41 bits per heavy atom. The Labute approximate surface area is 174 Å². The van der Waals surface area contributed by atoms with Crippen molar-refractivity contribution in [2.75, 3.05) is 29.6 Å². The molecule has 3 rings (SSSR count). The maximum Gasteiger partial charge on any atom is 0.257 e. The second-order valence-electron chi connectivity index (χ2n) is 7.05. The van der Waals surface area contributed by atoms with E-state index in [0.717, 1.165) is 11.9 Å². The molecule has 0 unspecified atom stereocenters. The summed E-state index contributed by atoms with van der Waals surface area (Å²) >= 11 is 6.13. The zero-order chi connectivity index (χ0) is 21.2. The van der Waals surface area contributed by atoms with Crippen LogP contribution in [0.15, 0.2) is 47.4 Å². The molecule has 3 N–H and O–H groups in total. The van der Waals surface area contributed by atoms with Crippen LogP contribution in [-0.2, 0) is 14.6 Å². The molecule has 0 radical (unpaired) electrons. The lowest BCUT2D eigenvalue weighted by atomic mass is 9.96. The van der Waals surface area contributed by atoms with Gasteiger partial charge >= 0.3 is 0 Å². The minimum absolute atomic E-state index is 0.0221. The average molecular weight is 436 g/mol. The lowest BCUT2D eigenvalue weighted by molar-refractivity contribution is -0.122.